The summed E-state index contributed by atoms with van der Waals surface area (Å²) < 4.78 is 10.4. The van der Waals surface area contributed by atoms with Gasteiger partial charge in [-0.15, -0.1) is 0 Å². The quantitative estimate of drug-likeness (QED) is 0.494. The second-order valence-electron chi connectivity index (χ2n) is 7.86. The number of benzene rings is 3. The van der Waals surface area contributed by atoms with Crippen molar-refractivity contribution in [1.82, 2.24) is 10.6 Å². The van der Waals surface area contributed by atoms with E-state index < -0.39 is 0 Å². The fourth-order valence-corrected chi connectivity index (χ4v) is 3.50. The Morgan fingerprint density at radius 3 is 1.85 bits per heavy atom. The van der Waals surface area contributed by atoms with Crippen molar-refractivity contribution in [2.24, 2.45) is 0 Å². The van der Waals surface area contributed by atoms with Gasteiger partial charge in [-0.3, -0.25) is 9.59 Å². The van der Waals surface area contributed by atoms with E-state index in [0.717, 1.165) is 33.8 Å². The summed E-state index contributed by atoms with van der Waals surface area (Å²) in [5, 5.41) is 5.97. The fraction of sp³-hybridized carbons (Fsp3) is 0.259. The number of methoxy groups -OCH3 is 2. The Morgan fingerprint density at radius 2 is 1.30 bits per heavy atom. The molecule has 33 heavy (non-hydrogen) atoms. The summed E-state index contributed by atoms with van der Waals surface area (Å²) in [7, 11) is 3.22. The first kappa shape index (κ1) is 23.9. The van der Waals surface area contributed by atoms with Crippen molar-refractivity contribution in [2.45, 2.75) is 32.4 Å². The van der Waals surface area contributed by atoms with Crippen molar-refractivity contribution in [3.8, 4) is 11.5 Å². The van der Waals surface area contributed by atoms with Crippen molar-refractivity contribution in [1.29, 1.82) is 0 Å². The largest absolute Gasteiger partial charge is 0.497 e. The number of carbonyl (C=O) groups is 2. The van der Waals surface area contributed by atoms with Crippen molar-refractivity contribution >= 4 is 11.8 Å². The molecule has 2 N–H and O–H groups in total. The highest BCUT2D eigenvalue weighted by Crippen LogP contribution is 2.16. The molecule has 1 unspecified atom stereocenters. The molecule has 0 heterocycles. The lowest BCUT2D eigenvalue weighted by atomic mass is 10.0. The molecule has 172 valence electrons. The highest BCUT2D eigenvalue weighted by Gasteiger charge is 2.11. The first-order valence-electron chi connectivity index (χ1n) is 10.9. The molecule has 0 saturated heterocycles. The minimum Gasteiger partial charge on any atom is -0.497 e. The summed E-state index contributed by atoms with van der Waals surface area (Å²) in [6.45, 7) is 2.40. The van der Waals surface area contributed by atoms with E-state index in [1.54, 1.807) is 14.2 Å². The van der Waals surface area contributed by atoms with Crippen LogP contribution in [0.1, 0.15) is 35.2 Å². The van der Waals surface area contributed by atoms with Crippen LogP contribution in [0.4, 0.5) is 0 Å². The third-order valence-corrected chi connectivity index (χ3v) is 5.34. The molecule has 0 spiro atoms. The van der Waals surface area contributed by atoms with Crippen molar-refractivity contribution in [3.05, 3.63) is 95.1 Å². The third kappa shape index (κ3) is 7.38. The molecule has 6 nitrogen and oxygen atoms in total. The third-order valence-electron chi connectivity index (χ3n) is 5.34. The maximum Gasteiger partial charge on any atom is 0.224 e. The standard InChI is InChI=1S/C27H30N2O4/c1-19(29-27(31)17-22-7-5-9-25(15-22)33-3)23-12-10-20(11-13-23)18-28-26(30)16-21-6-4-8-24(14-21)32-2/h4-15,19H,16-18H2,1-3H3,(H,28,30)(H,29,31). The lowest BCUT2D eigenvalue weighted by molar-refractivity contribution is -0.121. The Bertz CT molecular complexity index is 1080. The predicted molar refractivity (Wildman–Crippen MR) is 128 cm³/mol. The molecule has 3 rings (SSSR count). The average Bonchev–Trinajstić information content (AvgIpc) is 2.83. The number of rotatable bonds is 10. The number of carbonyl (C=O) groups excluding carboxylic acids is 2. The molecular formula is C27H30N2O4. The van der Waals surface area contributed by atoms with Gasteiger partial charge < -0.3 is 20.1 Å². The van der Waals surface area contributed by atoms with Gasteiger partial charge >= 0.3 is 0 Å². The van der Waals surface area contributed by atoms with Crippen LogP contribution in [0, 0.1) is 0 Å². The van der Waals surface area contributed by atoms with Gasteiger partial charge in [0.2, 0.25) is 11.8 Å². The van der Waals surface area contributed by atoms with Gasteiger partial charge in [-0.25, -0.2) is 0 Å². The topological polar surface area (TPSA) is 76.7 Å². The molecule has 0 fully saturated rings. The molecule has 3 aromatic carbocycles. The maximum absolute atomic E-state index is 12.4. The second kappa shape index (κ2) is 11.7. The number of ether oxygens (including phenoxy) is 2. The van der Waals surface area contributed by atoms with E-state index in [9.17, 15) is 9.59 Å². The van der Waals surface area contributed by atoms with Crippen LogP contribution in [0.15, 0.2) is 72.8 Å². The summed E-state index contributed by atoms with van der Waals surface area (Å²) in [4.78, 5) is 24.7. The van der Waals surface area contributed by atoms with Crippen LogP contribution in [-0.4, -0.2) is 26.0 Å². The zero-order chi connectivity index (χ0) is 23.6. The van der Waals surface area contributed by atoms with E-state index in [2.05, 4.69) is 10.6 Å². The Labute approximate surface area is 194 Å². The van der Waals surface area contributed by atoms with E-state index >= 15 is 0 Å². The van der Waals surface area contributed by atoms with Crippen LogP contribution in [-0.2, 0) is 29.0 Å². The molecule has 0 bridgehead atoms. The van der Waals surface area contributed by atoms with Gasteiger partial charge in [0.1, 0.15) is 11.5 Å². The van der Waals surface area contributed by atoms with Crippen LogP contribution in [0.2, 0.25) is 0 Å². The van der Waals surface area contributed by atoms with E-state index in [1.165, 1.54) is 0 Å². The summed E-state index contributed by atoms with van der Waals surface area (Å²) in [6, 6.07) is 22.7. The van der Waals surface area contributed by atoms with Crippen LogP contribution in [0.25, 0.3) is 0 Å². The molecule has 0 radical (unpaired) electrons. The smallest absolute Gasteiger partial charge is 0.224 e. The highest BCUT2D eigenvalue weighted by molar-refractivity contribution is 5.79. The Kier molecular flexibility index (Phi) is 8.47. The van der Waals surface area contributed by atoms with Gasteiger partial charge in [0, 0.05) is 6.54 Å². The molecule has 0 aliphatic carbocycles. The monoisotopic (exact) mass is 446 g/mol. The van der Waals surface area contributed by atoms with E-state index in [1.807, 2.05) is 79.7 Å². The SMILES string of the molecule is COc1cccc(CC(=O)NCc2ccc(C(C)NC(=O)Cc3cccc(OC)c3)cc2)c1. The number of hydrogen-bond acceptors (Lipinski definition) is 4. The number of nitrogens with one attached hydrogen (secondary N) is 2. The van der Waals surface area contributed by atoms with Crippen molar-refractivity contribution in [2.75, 3.05) is 14.2 Å². The van der Waals surface area contributed by atoms with Crippen LogP contribution < -0.4 is 20.1 Å². The van der Waals surface area contributed by atoms with Crippen molar-refractivity contribution < 1.29 is 19.1 Å². The first-order chi connectivity index (χ1) is 16.0. The Morgan fingerprint density at radius 1 is 0.758 bits per heavy atom. The minimum atomic E-state index is -0.125. The lowest BCUT2D eigenvalue weighted by Crippen LogP contribution is -2.28. The van der Waals surface area contributed by atoms with E-state index in [-0.39, 0.29) is 17.9 Å². The number of amides is 2. The molecule has 3 aromatic rings. The Balaban J connectivity index is 1.47. The highest BCUT2D eigenvalue weighted by atomic mass is 16.5. The van der Waals surface area contributed by atoms with Crippen LogP contribution in [0.3, 0.4) is 0 Å². The molecule has 0 aliphatic heterocycles. The molecular weight excluding hydrogens is 416 g/mol. The average molecular weight is 447 g/mol. The molecule has 0 aliphatic rings. The van der Waals surface area contributed by atoms with Gasteiger partial charge in [-0.05, 0) is 53.4 Å². The maximum atomic E-state index is 12.4. The van der Waals surface area contributed by atoms with Gasteiger partial charge in [0.15, 0.2) is 0 Å². The molecule has 6 heteroatoms. The molecule has 0 saturated carbocycles. The normalized spacial score (nSPS) is 11.4. The van der Waals surface area contributed by atoms with Crippen LogP contribution >= 0.6 is 0 Å². The van der Waals surface area contributed by atoms with Crippen molar-refractivity contribution in [3.63, 3.8) is 0 Å². The zero-order valence-corrected chi connectivity index (χ0v) is 19.3. The summed E-state index contributed by atoms with van der Waals surface area (Å²) >= 11 is 0. The second-order valence-corrected chi connectivity index (χ2v) is 7.86. The molecule has 2 amide bonds. The van der Waals surface area contributed by atoms with E-state index in [0.29, 0.717) is 19.4 Å². The summed E-state index contributed by atoms with van der Waals surface area (Å²) in [5.74, 6) is 1.37. The minimum absolute atomic E-state index is 0.0505. The fourth-order valence-electron chi connectivity index (χ4n) is 3.50. The van der Waals surface area contributed by atoms with Gasteiger partial charge in [-0.2, -0.15) is 0 Å². The number of hydrogen-bond donors (Lipinski definition) is 2. The summed E-state index contributed by atoms with van der Waals surface area (Å²) in [6.07, 6.45) is 0.588. The lowest BCUT2D eigenvalue weighted by Gasteiger charge is -2.15. The van der Waals surface area contributed by atoms with Gasteiger partial charge in [0.25, 0.3) is 0 Å². The van der Waals surface area contributed by atoms with Gasteiger partial charge in [0.05, 0.1) is 33.1 Å². The molecule has 1 atom stereocenters. The van der Waals surface area contributed by atoms with E-state index in [4.69, 9.17) is 9.47 Å². The first-order valence-corrected chi connectivity index (χ1v) is 10.9. The summed E-state index contributed by atoms with van der Waals surface area (Å²) in [5.41, 5.74) is 3.80. The zero-order valence-electron chi connectivity index (χ0n) is 19.3. The van der Waals surface area contributed by atoms with Gasteiger partial charge in [-0.1, -0.05) is 48.5 Å². The molecule has 0 aromatic heterocycles. The predicted octanol–water partition coefficient (Wildman–Crippen LogP) is 3.98. The van der Waals surface area contributed by atoms with Crippen LogP contribution in [0.5, 0.6) is 11.5 Å². The Hall–Kier alpha value is -3.80.